The van der Waals surface area contributed by atoms with Crippen LogP contribution in [-0.4, -0.2) is 33.9 Å². The Labute approximate surface area is 121 Å². The van der Waals surface area contributed by atoms with E-state index in [0.29, 0.717) is 23.7 Å². The molecule has 2 aromatic rings. The molecule has 7 nitrogen and oxygen atoms in total. The third kappa shape index (κ3) is 2.96. The maximum absolute atomic E-state index is 12.3. The van der Waals surface area contributed by atoms with E-state index in [2.05, 4.69) is 4.98 Å². The van der Waals surface area contributed by atoms with Gasteiger partial charge < -0.3 is 18.8 Å². The molecule has 0 fully saturated rings. The molecule has 0 spiro atoms. The molecule has 2 aromatic heterocycles. The summed E-state index contributed by atoms with van der Waals surface area (Å²) in [6.45, 7) is 3.59. The summed E-state index contributed by atoms with van der Waals surface area (Å²) in [5.74, 6) is -0.113. The van der Waals surface area contributed by atoms with Gasteiger partial charge in [0.1, 0.15) is 22.8 Å². The third-order valence-electron chi connectivity index (χ3n) is 3.10. The van der Waals surface area contributed by atoms with Gasteiger partial charge in [-0.15, -0.1) is 0 Å². The Balaban J connectivity index is 2.14. The molecule has 0 aromatic carbocycles. The lowest BCUT2D eigenvalue weighted by atomic mass is 10.2. The van der Waals surface area contributed by atoms with Gasteiger partial charge >= 0.3 is 5.97 Å². The number of hydrogen-bond acceptors (Lipinski definition) is 5. The number of oxazole rings is 1. The van der Waals surface area contributed by atoms with Crippen molar-refractivity contribution in [2.75, 3.05) is 7.05 Å². The molecule has 0 aliphatic carbocycles. The van der Waals surface area contributed by atoms with Crippen LogP contribution in [0.25, 0.3) is 0 Å². The zero-order chi connectivity index (χ0) is 15.6. The van der Waals surface area contributed by atoms with Crippen molar-refractivity contribution in [3.05, 3.63) is 41.0 Å². The second kappa shape index (κ2) is 5.82. The molecular formula is C14H16N2O5. The Morgan fingerprint density at radius 1 is 1.43 bits per heavy atom. The summed E-state index contributed by atoms with van der Waals surface area (Å²) in [6, 6.07) is 1.42. The first-order valence-electron chi connectivity index (χ1n) is 6.44. The molecule has 0 unspecified atom stereocenters. The van der Waals surface area contributed by atoms with Crippen LogP contribution in [0.2, 0.25) is 0 Å². The minimum absolute atomic E-state index is 0.0986. The lowest BCUT2D eigenvalue weighted by Gasteiger charge is -2.14. The summed E-state index contributed by atoms with van der Waals surface area (Å²) < 4.78 is 10.5. The van der Waals surface area contributed by atoms with Crippen molar-refractivity contribution in [1.29, 1.82) is 0 Å². The number of carboxylic acid groups (broad SMARTS) is 1. The van der Waals surface area contributed by atoms with Crippen LogP contribution in [0.15, 0.2) is 21.3 Å². The van der Waals surface area contributed by atoms with Gasteiger partial charge in [-0.1, -0.05) is 6.92 Å². The zero-order valence-corrected chi connectivity index (χ0v) is 12.0. The molecular weight excluding hydrogens is 276 g/mol. The number of carbonyl (C=O) groups is 2. The predicted molar refractivity (Wildman–Crippen MR) is 72.1 cm³/mol. The number of nitrogens with zero attached hydrogens (tertiary/aromatic N) is 2. The van der Waals surface area contributed by atoms with Gasteiger partial charge in [-0.25, -0.2) is 9.78 Å². The van der Waals surface area contributed by atoms with Gasteiger partial charge in [0.05, 0.1) is 6.54 Å². The molecule has 0 saturated carbocycles. The lowest BCUT2D eigenvalue weighted by Crippen LogP contribution is -2.27. The number of furan rings is 1. The molecule has 0 atom stereocenters. The normalized spacial score (nSPS) is 10.6. The predicted octanol–water partition coefficient (Wildman–Crippen LogP) is 2.11. The fourth-order valence-electron chi connectivity index (χ4n) is 2.02. The van der Waals surface area contributed by atoms with Gasteiger partial charge in [0.25, 0.3) is 5.91 Å². The Kier molecular flexibility index (Phi) is 4.11. The highest BCUT2D eigenvalue weighted by atomic mass is 16.4. The highest BCUT2D eigenvalue weighted by Crippen LogP contribution is 2.17. The minimum Gasteiger partial charge on any atom is -0.478 e. The Bertz CT molecular complexity index is 671. The fourth-order valence-corrected chi connectivity index (χ4v) is 2.02. The Morgan fingerprint density at radius 2 is 2.14 bits per heavy atom. The molecule has 1 N–H and O–H groups in total. The number of aromatic nitrogens is 1. The van der Waals surface area contributed by atoms with Crippen LogP contribution in [0.4, 0.5) is 0 Å². The van der Waals surface area contributed by atoms with E-state index in [-0.39, 0.29) is 23.7 Å². The standard InChI is InChI=1S/C14H16N2O5/c1-4-11-12(15-7-20-11)13(17)16(3)6-9-5-10(14(18)19)8(2)21-9/h5,7H,4,6H2,1-3H3,(H,18,19). The molecule has 2 heterocycles. The maximum Gasteiger partial charge on any atom is 0.339 e. The van der Waals surface area contributed by atoms with Crippen LogP contribution in [0.3, 0.4) is 0 Å². The molecule has 21 heavy (non-hydrogen) atoms. The van der Waals surface area contributed by atoms with Gasteiger partial charge in [0.2, 0.25) is 0 Å². The van der Waals surface area contributed by atoms with E-state index >= 15 is 0 Å². The van der Waals surface area contributed by atoms with Crippen LogP contribution in [0.5, 0.6) is 0 Å². The number of carboxylic acids is 1. The summed E-state index contributed by atoms with van der Waals surface area (Å²) in [4.78, 5) is 28.5. The highest BCUT2D eigenvalue weighted by molar-refractivity contribution is 5.93. The Morgan fingerprint density at radius 3 is 2.71 bits per heavy atom. The highest BCUT2D eigenvalue weighted by Gasteiger charge is 2.21. The summed E-state index contributed by atoms with van der Waals surface area (Å²) in [5, 5.41) is 8.98. The second-order valence-electron chi connectivity index (χ2n) is 4.63. The smallest absolute Gasteiger partial charge is 0.339 e. The van der Waals surface area contributed by atoms with E-state index in [1.165, 1.54) is 17.4 Å². The number of aromatic carboxylic acids is 1. The van der Waals surface area contributed by atoms with Gasteiger partial charge in [-0.2, -0.15) is 0 Å². The van der Waals surface area contributed by atoms with Crippen molar-refractivity contribution >= 4 is 11.9 Å². The number of amides is 1. The minimum atomic E-state index is -1.05. The molecule has 0 aliphatic heterocycles. The number of rotatable bonds is 5. The number of aryl methyl sites for hydroxylation is 2. The van der Waals surface area contributed by atoms with E-state index < -0.39 is 5.97 Å². The first kappa shape index (κ1) is 14.8. The van der Waals surface area contributed by atoms with Gasteiger partial charge in [-0.05, 0) is 13.0 Å². The van der Waals surface area contributed by atoms with Crippen molar-refractivity contribution in [1.82, 2.24) is 9.88 Å². The molecule has 7 heteroatoms. The van der Waals surface area contributed by atoms with Crippen LogP contribution in [0, 0.1) is 6.92 Å². The third-order valence-corrected chi connectivity index (χ3v) is 3.10. The zero-order valence-electron chi connectivity index (χ0n) is 12.0. The second-order valence-corrected chi connectivity index (χ2v) is 4.63. The average Bonchev–Trinajstić information content (AvgIpc) is 3.03. The SMILES string of the molecule is CCc1ocnc1C(=O)N(C)Cc1cc(C(=O)O)c(C)o1. The van der Waals surface area contributed by atoms with Crippen LogP contribution < -0.4 is 0 Å². The van der Waals surface area contributed by atoms with Crippen LogP contribution in [0.1, 0.15) is 45.1 Å². The monoisotopic (exact) mass is 292 g/mol. The quantitative estimate of drug-likeness (QED) is 0.906. The molecule has 0 radical (unpaired) electrons. The summed E-state index contributed by atoms with van der Waals surface area (Å²) in [6.07, 6.45) is 1.80. The van der Waals surface area contributed by atoms with Crippen molar-refractivity contribution in [2.24, 2.45) is 0 Å². The van der Waals surface area contributed by atoms with Gasteiger partial charge in [-0.3, -0.25) is 4.79 Å². The molecule has 112 valence electrons. The van der Waals surface area contributed by atoms with Crippen molar-refractivity contribution in [3.63, 3.8) is 0 Å². The number of carbonyl (C=O) groups excluding carboxylic acids is 1. The first-order valence-corrected chi connectivity index (χ1v) is 6.44. The van der Waals surface area contributed by atoms with Crippen LogP contribution in [-0.2, 0) is 13.0 Å². The van der Waals surface area contributed by atoms with E-state index in [1.54, 1.807) is 14.0 Å². The number of hydrogen-bond donors (Lipinski definition) is 1. The van der Waals surface area contributed by atoms with E-state index in [4.69, 9.17) is 13.9 Å². The molecule has 0 bridgehead atoms. The van der Waals surface area contributed by atoms with E-state index in [9.17, 15) is 9.59 Å². The topological polar surface area (TPSA) is 96.8 Å². The molecule has 0 aliphatic rings. The maximum atomic E-state index is 12.3. The molecule has 2 rings (SSSR count). The summed E-state index contributed by atoms with van der Waals surface area (Å²) in [7, 11) is 1.59. The molecule has 0 saturated heterocycles. The van der Waals surface area contributed by atoms with E-state index in [1.807, 2.05) is 6.92 Å². The molecule has 1 amide bonds. The lowest BCUT2D eigenvalue weighted by molar-refractivity contribution is 0.0694. The fraction of sp³-hybridized carbons (Fsp3) is 0.357. The van der Waals surface area contributed by atoms with Gasteiger partial charge in [0.15, 0.2) is 12.1 Å². The summed E-state index contributed by atoms with van der Waals surface area (Å²) in [5.41, 5.74) is 0.364. The van der Waals surface area contributed by atoms with Crippen molar-refractivity contribution < 1.29 is 23.5 Å². The largest absolute Gasteiger partial charge is 0.478 e. The van der Waals surface area contributed by atoms with E-state index in [0.717, 1.165) is 0 Å². The van der Waals surface area contributed by atoms with Crippen molar-refractivity contribution in [2.45, 2.75) is 26.8 Å². The first-order chi connectivity index (χ1) is 9.93. The Hall–Kier alpha value is -2.57. The van der Waals surface area contributed by atoms with Gasteiger partial charge in [0, 0.05) is 13.5 Å². The van der Waals surface area contributed by atoms with Crippen LogP contribution >= 0.6 is 0 Å². The van der Waals surface area contributed by atoms with Crippen molar-refractivity contribution in [3.8, 4) is 0 Å². The summed E-state index contributed by atoms with van der Waals surface area (Å²) >= 11 is 0. The average molecular weight is 292 g/mol.